The quantitative estimate of drug-likeness (QED) is 0.760. The van der Waals surface area contributed by atoms with Gasteiger partial charge in [0.15, 0.2) is 6.10 Å². The topological polar surface area (TPSA) is 87.5 Å². The summed E-state index contributed by atoms with van der Waals surface area (Å²) in [5, 5.41) is 8.71. The molecule has 1 saturated heterocycles. The van der Waals surface area contributed by atoms with Crippen molar-refractivity contribution in [1.29, 1.82) is 5.26 Å². The average Bonchev–Trinajstić information content (AvgIpc) is 2.71. The maximum atomic E-state index is 12.0. The molecule has 7 heteroatoms. The average molecular weight is 294 g/mol. The normalized spacial score (nSPS) is 19.1. The van der Waals surface area contributed by atoms with Gasteiger partial charge in [0, 0.05) is 19.5 Å². The van der Waals surface area contributed by atoms with Crippen LogP contribution < -0.4 is 0 Å². The first kappa shape index (κ1) is 14.5. The molecule has 0 bridgehead atoms. The van der Waals surface area contributed by atoms with E-state index >= 15 is 0 Å². The minimum atomic E-state index is -3.63. The lowest BCUT2D eigenvalue weighted by Gasteiger charge is -2.16. The third-order valence-electron chi connectivity index (χ3n) is 3.00. The first-order valence-corrected chi connectivity index (χ1v) is 7.87. The highest BCUT2D eigenvalue weighted by atomic mass is 32.2. The van der Waals surface area contributed by atoms with Crippen molar-refractivity contribution in [2.75, 3.05) is 12.8 Å². The highest BCUT2D eigenvalue weighted by molar-refractivity contribution is 7.86. The molecule has 1 aliphatic rings. The molecule has 0 unspecified atom stereocenters. The van der Waals surface area contributed by atoms with Gasteiger partial charge in [-0.15, -0.1) is 0 Å². The van der Waals surface area contributed by atoms with E-state index in [2.05, 4.69) is 0 Å². The van der Waals surface area contributed by atoms with Crippen LogP contribution in [0.1, 0.15) is 17.5 Å². The summed E-state index contributed by atoms with van der Waals surface area (Å²) in [5.41, 5.74) is 1.44. The molecule has 0 aromatic heterocycles. The van der Waals surface area contributed by atoms with Crippen molar-refractivity contribution >= 4 is 16.0 Å². The van der Waals surface area contributed by atoms with Crippen LogP contribution in [-0.2, 0) is 25.6 Å². The molecule has 6 nitrogen and oxygen atoms in total. The maximum absolute atomic E-state index is 12.0. The van der Waals surface area contributed by atoms with Crippen LogP contribution in [-0.4, -0.2) is 38.1 Å². The number of likely N-dealkylation sites (tertiary alicyclic amines) is 1. The Morgan fingerprint density at radius 2 is 2.05 bits per heavy atom. The number of carbonyl (C=O) groups excluding carboxylic acids is 1. The molecule has 20 heavy (non-hydrogen) atoms. The molecule has 2 rings (SSSR count). The molecule has 0 saturated carbocycles. The van der Waals surface area contributed by atoms with Crippen LogP contribution in [0.5, 0.6) is 0 Å². The van der Waals surface area contributed by atoms with Crippen LogP contribution in [0.3, 0.4) is 0 Å². The van der Waals surface area contributed by atoms with Crippen molar-refractivity contribution in [2.45, 2.75) is 19.1 Å². The summed E-state index contributed by atoms with van der Waals surface area (Å²) in [4.78, 5) is 13.5. The number of amides is 1. The highest BCUT2D eigenvalue weighted by Crippen LogP contribution is 2.19. The second-order valence-corrected chi connectivity index (χ2v) is 6.25. The lowest BCUT2D eigenvalue weighted by Crippen LogP contribution is -2.31. The number of nitrogens with zero attached hydrogens (tertiary/aromatic N) is 2. The van der Waals surface area contributed by atoms with E-state index in [9.17, 15) is 13.2 Å². The zero-order valence-corrected chi connectivity index (χ0v) is 11.8. The lowest BCUT2D eigenvalue weighted by molar-refractivity contribution is -0.133. The zero-order valence-electron chi connectivity index (χ0n) is 10.9. The molecule has 0 spiro atoms. The number of benzene rings is 1. The van der Waals surface area contributed by atoms with E-state index in [4.69, 9.17) is 9.44 Å². The Balaban J connectivity index is 2.01. The minimum absolute atomic E-state index is 0.320. The van der Waals surface area contributed by atoms with Crippen molar-refractivity contribution in [2.24, 2.45) is 0 Å². The van der Waals surface area contributed by atoms with E-state index in [0.29, 0.717) is 25.1 Å². The van der Waals surface area contributed by atoms with Crippen molar-refractivity contribution in [1.82, 2.24) is 4.90 Å². The van der Waals surface area contributed by atoms with Crippen LogP contribution in [0, 0.1) is 11.3 Å². The Morgan fingerprint density at radius 3 is 2.60 bits per heavy atom. The van der Waals surface area contributed by atoms with Gasteiger partial charge in [-0.05, 0) is 17.7 Å². The number of nitriles is 1. The molecule has 1 heterocycles. The summed E-state index contributed by atoms with van der Waals surface area (Å²) in [6.45, 7) is 0.840. The molecule has 0 radical (unpaired) electrons. The van der Waals surface area contributed by atoms with Crippen molar-refractivity contribution in [3.8, 4) is 6.07 Å². The molecule has 1 aliphatic heterocycles. The number of hydrogen-bond acceptors (Lipinski definition) is 5. The second-order valence-electron chi connectivity index (χ2n) is 4.65. The van der Waals surface area contributed by atoms with E-state index in [0.717, 1.165) is 11.8 Å². The van der Waals surface area contributed by atoms with Gasteiger partial charge in [0.2, 0.25) is 0 Å². The summed E-state index contributed by atoms with van der Waals surface area (Å²) in [7, 11) is -3.63. The van der Waals surface area contributed by atoms with Gasteiger partial charge in [-0.1, -0.05) is 12.1 Å². The van der Waals surface area contributed by atoms with Gasteiger partial charge in [0.1, 0.15) is 0 Å². The fourth-order valence-corrected chi connectivity index (χ4v) is 2.67. The Morgan fingerprint density at radius 1 is 1.40 bits per heavy atom. The molecule has 0 N–H and O–H groups in total. The monoisotopic (exact) mass is 294 g/mol. The number of rotatable bonds is 4. The van der Waals surface area contributed by atoms with Crippen molar-refractivity contribution < 1.29 is 17.4 Å². The van der Waals surface area contributed by atoms with Crippen LogP contribution in [0.25, 0.3) is 0 Å². The van der Waals surface area contributed by atoms with Crippen molar-refractivity contribution in [3.63, 3.8) is 0 Å². The fourth-order valence-electron chi connectivity index (χ4n) is 2.07. The molecule has 1 atom stereocenters. The predicted molar refractivity (Wildman–Crippen MR) is 70.9 cm³/mol. The van der Waals surface area contributed by atoms with Gasteiger partial charge in [-0.25, -0.2) is 0 Å². The SMILES string of the molecule is CS(=O)(=O)O[C@H]1CCN(Cc2ccc(C#N)cc2)C1=O. The third-order valence-corrected chi connectivity index (χ3v) is 3.58. The predicted octanol–water partition coefficient (Wildman–Crippen LogP) is 0.635. The van der Waals surface area contributed by atoms with Crippen LogP contribution >= 0.6 is 0 Å². The van der Waals surface area contributed by atoms with Crippen molar-refractivity contribution in [3.05, 3.63) is 35.4 Å². The number of carbonyl (C=O) groups is 1. The van der Waals surface area contributed by atoms with E-state index in [-0.39, 0.29) is 5.91 Å². The van der Waals surface area contributed by atoms with Crippen LogP contribution in [0.15, 0.2) is 24.3 Å². The van der Waals surface area contributed by atoms with Gasteiger partial charge >= 0.3 is 0 Å². The Labute approximate surface area is 117 Å². The maximum Gasteiger partial charge on any atom is 0.265 e. The van der Waals surface area contributed by atoms with Crippen LogP contribution in [0.2, 0.25) is 0 Å². The van der Waals surface area contributed by atoms with Gasteiger partial charge < -0.3 is 4.90 Å². The van der Waals surface area contributed by atoms with Gasteiger partial charge in [-0.3, -0.25) is 8.98 Å². The minimum Gasteiger partial charge on any atom is -0.336 e. The molecule has 0 aliphatic carbocycles. The number of hydrogen-bond donors (Lipinski definition) is 0. The highest BCUT2D eigenvalue weighted by Gasteiger charge is 2.34. The molecule has 1 aromatic rings. The Bertz CT molecular complexity index is 646. The molecular formula is C13H14N2O4S. The largest absolute Gasteiger partial charge is 0.336 e. The zero-order chi connectivity index (χ0) is 14.8. The first-order valence-electron chi connectivity index (χ1n) is 6.05. The third kappa shape index (κ3) is 3.56. The summed E-state index contributed by atoms with van der Waals surface area (Å²) in [5.74, 6) is -0.320. The summed E-state index contributed by atoms with van der Waals surface area (Å²) >= 11 is 0. The molecule has 1 amide bonds. The van der Waals surface area contributed by atoms with E-state index < -0.39 is 16.2 Å². The van der Waals surface area contributed by atoms with E-state index in [1.807, 2.05) is 6.07 Å². The Hall–Kier alpha value is -1.91. The molecule has 1 fully saturated rings. The smallest absolute Gasteiger partial charge is 0.265 e. The van der Waals surface area contributed by atoms with Crippen LogP contribution in [0.4, 0.5) is 0 Å². The van der Waals surface area contributed by atoms with Gasteiger partial charge in [0.25, 0.3) is 16.0 Å². The van der Waals surface area contributed by atoms with Gasteiger partial charge in [-0.2, -0.15) is 13.7 Å². The fraction of sp³-hybridized carbons (Fsp3) is 0.385. The standard InChI is InChI=1S/C13H14N2O4S/c1-20(17,18)19-12-6-7-15(13(12)16)9-11-4-2-10(8-14)3-5-11/h2-5,12H,6-7,9H2,1H3/t12-/m0/s1. The molecule has 1 aromatic carbocycles. The Kier molecular flexibility index (Phi) is 4.06. The summed E-state index contributed by atoms with van der Waals surface area (Å²) < 4.78 is 26.8. The van der Waals surface area contributed by atoms with E-state index in [1.165, 1.54) is 0 Å². The summed E-state index contributed by atoms with van der Waals surface area (Å²) in [6.07, 6.45) is 0.384. The molecule has 106 valence electrons. The molecular weight excluding hydrogens is 280 g/mol. The van der Waals surface area contributed by atoms with E-state index in [1.54, 1.807) is 29.2 Å². The van der Waals surface area contributed by atoms with Gasteiger partial charge in [0.05, 0.1) is 17.9 Å². The second kappa shape index (κ2) is 5.61. The lowest BCUT2D eigenvalue weighted by atomic mass is 10.1. The summed E-state index contributed by atoms with van der Waals surface area (Å²) in [6, 6.07) is 8.93. The first-order chi connectivity index (χ1) is 9.39.